The summed E-state index contributed by atoms with van der Waals surface area (Å²) in [5.41, 5.74) is 3.44. The average Bonchev–Trinajstić information content (AvgIpc) is 3.38. The van der Waals surface area contributed by atoms with E-state index in [0.717, 1.165) is 23.5 Å². The van der Waals surface area contributed by atoms with Crippen molar-refractivity contribution in [3.63, 3.8) is 0 Å². The van der Waals surface area contributed by atoms with Crippen molar-refractivity contribution in [1.82, 2.24) is 15.5 Å². The van der Waals surface area contributed by atoms with Crippen molar-refractivity contribution in [3.8, 4) is 5.75 Å². The number of carbonyl (C=O) groups is 1. The number of aryl methyl sites for hydroxylation is 3. The first kappa shape index (κ1) is 19.5. The van der Waals surface area contributed by atoms with Crippen molar-refractivity contribution in [2.75, 3.05) is 13.2 Å². The summed E-state index contributed by atoms with van der Waals surface area (Å²) in [6.45, 7) is 2.63. The van der Waals surface area contributed by atoms with Gasteiger partial charge in [-0.2, -0.15) is 4.98 Å². The van der Waals surface area contributed by atoms with Gasteiger partial charge in [0, 0.05) is 11.8 Å². The third-order valence-electron chi connectivity index (χ3n) is 4.78. The van der Waals surface area contributed by atoms with Gasteiger partial charge in [-0.15, -0.1) is 11.8 Å². The van der Waals surface area contributed by atoms with Crippen molar-refractivity contribution < 1.29 is 14.1 Å². The fourth-order valence-electron chi connectivity index (χ4n) is 3.39. The van der Waals surface area contributed by atoms with Crippen LogP contribution in [0.3, 0.4) is 0 Å². The highest BCUT2D eigenvalue weighted by Gasteiger charge is 2.13. The van der Waals surface area contributed by atoms with Crippen LogP contribution in [0.4, 0.5) is 0 Å². The minimum atomic E-state index is -0.116. The highest BCUT2D eigenvalue weighted by atomic mass is 32.2. The van der Waals surface area contributed by atoms with Crippen LogP contribution in [0.5, 0.6) is 5.75 Å². The summed E-state index contributed by atoms with van der Waals surface area (Å²) in [7, 11) is 0. The lowest BCUT2D eigenvalue weighted by Gasteiger charge is -2.11. The quantitative estimate of drug-likeness (QED) is 0.448. The molecule has 7 heteroatoms. The van der Waals surface area contributed by atoms with Gasteiger partial charge in [-0.25, -0.2) is 0 Å². The van der Waals surface area contributed by atoms with Gasteiger partial charge in [-0.1, -0.05) is 23.4 Å². The predicted molar refractivity (Wildman–Crippen MR) is 111 cm³/mol. The van der Waals surface area contributed by atoms with Gasteiger partial charge in [-0.3, -0.25) is 4.79 Å². The van der Waals surface area contributed by atoms with E-state index in [-0.39, 0.29) is 5.91 Å². The molecule has 1 heterocycles. The van der Waals surface area contributed by atoms with Crippen LogP contribution in [0.1, 0.15) is 39.6 Å². The minimum absolute atomic E-state index is 0.116. The minimum Gasteiger partial charge on any atom is -0.492 e. The van der Waals surface area contributed by atoms with E-state index in [1.54, 1.807) is 6.92 Å². The molecule has 0 radical (unpaired) electrons. The number of benzene rings is 2. The number of hydrogen-bond acceptors (Lipinski definition) is 6. The Balaban J connectivity index is 1.28. The highest BCUT2D eigenvalue weighted by molar-refractivity contribution is 7.98. The number of fused-ring (bicyclic) bond motifs is 1. The van der Waals surface area contributed by atoms with Gasteiger partial charge in [0.25, 0.3) is 5.91 Å². The molecule has 0 aliphatic heterocycles. The first-order valence-electron chi connectivity index (χ1n) is 9.73. The molecular formula is C22H23N3O3S. The molecule has 150 valence electrons. The monoisotopic (exact) mass is 409 g/mol. The molecule has 0 saturated carbocycles. The zero-order valence-electron chi connectivity index (χ0n) is 16.3. The van der Waals surface area contributed by atoms with Crippen LogP contribution in [-0.4, -0.2) is 29.2 Å². The van der Waals surface area contributed by atoms with Crippen LogP contribution >= 0.6 is 11.8 Å². The fourth-order valence-corrected chi connectivity index (χ4v) is 4.28. The van der Waals surface area contributed by atoms with Gasteiger partial charge in [-0.05, 0) is 54.7 Å². The second kappa shape index (κ2) is 9.13. The van der Waals surface area contributed by atoms with E-state index in [0.29, 0.717) is 36.2 Å². The number of ether oxygens (including phenoxy) is 1. The Labute approximate surface area is 174 Å². The highest BCUT2D eigenvalue weighted by Crippen LogP contribution is 2.26. The van der Waals surface area contributed by atoms with Crippen LogP contribution in [0, 0.1) is 6.92 Å². The van der Waals surface area contributed by atoms with Gasteiger partial charge in [0.1, 0.15) is 12.4 Å². The Morgan fingerprint density at radius 2 is 2.07 bits per heavy atom. The molecule has 0 unspecified atom stereocenters. The SMILES string of the molecule is Cc1nc(CSc2ccccc2C(=O)NCCOc2ccc3c(c2)CCC3)no1. The van der Waals surface area contributed by atoms with E-state index in [1.165, 1.54) is 29.3 Å². The van der Waals surface area contributed by atoms with Crippen molar-refractivity contribution in [1.29, 1.82) is 0 Å². The second-order valence-corrected chi connectivity index (χ2v) is 7.92. The van der Waals surface area contributed by atoms with Crippen LogP contribution in [0.25, 0.3) is 0 Å². The zero-order valence-corrected chi connectivity index (χ0v) is 17.1. The Morgan fingerprint density at radius 3 is 2.93 bits per heavy atom. The molecule has 29 heavy (non-hydrogen) atoms. The molecule has 1 aliphatic rings. The molecule has 0 bridgehead atoms. The number of carbonyl (C=O) groups excluding carboxylic acids is 1. The van der Waals surface area contributed by atoms with Crippen molar-refractivity contribution in [3.05, 3.63) is 70.9 Å². The number of amides is 1. The summed E-state index contributed by atoms with van der Waals surface area (Å²) < 4.78 is 10.8. The molecule has 0 spiro atoms. The lowest BCUT2D eigenvalue weighted by Crippen LogP contribution is -2.28. The van der Waals surface area contributed by atoms with E-state index < -0.39 is 0 Å². The number of thioether (sulfide) groups is 1. The average molecular weight is 410 g/mol. The lowest BCUT2D eigenvalue weighted by atomic mass is 10.1. The molecule has 4 rings (SSSR count). The summed E-state index contributed by atoms with van der Waals surface area (Å²) in [5, 5.41) is 6.83. The van der Waals surface area contributed by atoms with Gasteiger partial charge >= 0.3 is 0 Å². The molecule has 1 aliphatic carbocycles. The Kier molecular flexibility index (Phi) is 6.14. The molecule has 0 fully saturated rings. The number of nitrogens with one attached hydrogen (secondary N) is 1. The van der Waals surface area contributed by atoms with Crippen molar-refractivity contribution >= 4 is 17.7 Å². The van der Waals surface area contributed by atoms with E-state index >= 15 is 0 Å². The van der Waals surface area contributed by atoms with E-state index in [9.17, 15) is 4.79 Å². The maximum absolute atomic E-state index is 12.6. The normalized spacial score (nSPS) is 12.6. The summed E-state index contributed by atoms with van der Waals surface area (Å²) in [4.78, 5) is 17.7. The Bertz CT molecular complexity index is 1000. The van der Waals surface area contributed by atoms with Crippen LogP contribution in [-0.2, 0) is 18.6 Å². The molecular weight excluding hydrogens is 386 g/mol. The molecule has 3 aromatic rings. The molecule has 1 aromatic heterocycles. The molecule has 6 nitrogen and oxygen atoms in total. The van der Waals surface area contributed by atoms with E-state index in [2.05, 4.69) is 27.6 Å². The van der Waals surface area contributed by atoms with Gasteiger partial charge in [0.2, 0.25) is 5.89 Å². The predicted octanol–water partition coefficient (Wildman–Crippen LogP) is 3.97. The first-order valence-corrected chi connectivity index (χ1v) is 10.7. The largest absolute Gasteiger partial charge is 0.492 e. The third-order valence-corrected chi connectivity index (χ3v) is 5.85. The smallest absolute Gasteiger partial charge is 0.252 e. The van der Waals surface area contributed by atoms with E-state index in [1.807, 2.05) is 30.3 Å². The van der Waals surface area contributed by atoms with Crippen LogP contribution in [0.2, 0.25) is 0 Å². The summed E-state index contributed by atoms with van der Waals surface area (Å²) in [6, 6.07) is 13.8. The number of rotatable bonds is 8. The van der Waals surface area contributed by atoms with Gasteiger partial charge < -0.3 is 14.6 Å². The fraction of sp³-hybridized carbons (Fsp3) is 0.318. The standard InChI is InChI=1S/C22H23N3O3S/c1-15-24-21(25-28-15)14-29-20-8-3-2-7-19(20)22(26)23-11-12-27-18-10-9-16-5-4-6-17(16)13-18/h2-3,7-10,13H,4-6,11-12,14H2,1H3,(H,23,26). The first-order chi connectivity index (χ1) is 14.2. The third kappa shape index (κ3) is 4.98. The zero-order chi connectivity index (χ0) is 20.1. The Morgan fingerprint density at radius 1 is 1.21 bits per heavy atom. The molecule has 1 N–H and O–H groups in total. The molecule has 0 atom stereocenters. The van der Waals surface area contributed by atoms with Crippen molar-refractivity contribution in [2.45, 2.75) is 36.8 Å². The van der Waals surface area contributed by atoms with Crippen molar-refractivity contribution in [2.24, 2.45) is 0 Å². The van der Waals surface area contributed by atoms with Gasteiger partial charge in [0.05, 0.1) is 17.9 Å². The maximum Gasteiger partial charge on any atom is 0.252 e. The Hall–Kier alpha value is -2.80. The maximum atomic E-state index is 12.6. The summed E-state index contributed by atoms with van der Waals surface area (Å²) in [5.74, 6) is 2.45. The number of aromatic nitrogens is 2. The number of nitrogens with zero attached hydrogens (tertiary/aromatic N) is 2. The topological polar surface area (TPSA) is 77.2 Å². The van der Waals surface area contributed by atoms with E-state index in [4.69, 9.17) is 9.26 Å². The van der Waals surface area contributed by atoms with Crippen LogP contribution in [0.15, 0.2) is 51.9 Å². The van der Waals surface area contributed by atoms with Crippen LogP contribution < -0.4 is 10.1 Å². The number of hydrogen-bond donors (Lipinski definition) is 1. The summed E-state index contributed by atoms with van der Waals surface area (Å²) in [6.07, 6.45) is 3.51. The second-order valence-electron chi connectivity index (χ2n) is 6.90. The summed E-state index contributed by atoms with van der Waals surface area (Å²) >= 11 is 1.51. The molecule has 1 amide bonds. The van der Waals surface area contributed by atoms with Gasteiger partial charge in [0.15, 0.2) is 5.82 Å². The molecule has 2 aromatic carbocycles. The molecule has 0 saturated heterocycles. The lowest BCUT2D eigenvalue weighted by molar-refractivity contribution is 0.0944.